The average Bonchev–Trinajstić information content (AvgIpc) is 2.95. The molecule has 7 heteroatoms. The molecule has 1 aliphatic heterocycles. The molecule has 4 nitrogen and oxygen atoms in total. The summed E-state index contributed by atoms with van der Waals surface area (Å²) < 4.78 is 15.0. The molecule has 116 valence electrons. The van der Waals surface area contributed by atoms with Crippen molar-refractivity contribution in [1.29, 1.82) is 0 Å². The lowest BCUT2D eigenvalue weighted by atomic mass is 10.2. The second-order valence-electron chi connectivity index (χ2n) is 5.09. The van der Waals surface area contributed by atoms with Crippen LogP contribution in [0, 0.1) is 5.82 Å². The third-order valence-electron chi connectivity index (χ3n) is 3.42. The van der Waals surface area contributed by atoms with Crippen molar-refractivity contribution in [3.05, 3.63) is 48.0 Å². The van der Waals surface area contributed by atoms with E-state index >= 15 is 0 Å². The first kappa shape index (κ1) is 15.3. The van der Waals surface area contributed by atoms with Gasteiger partial charge in [-0.05, 0) is 29.9 Å². The summed E-state index contributed by atoms with van der Waals surface area (Å²) >= 11 is 7.38. The Kier molecular flexibility index (Phi) is 4.94. The van der Waals surface area contributed by atoms with Gasteiger partial charge >= 0.3 is 0 Å². The predicted molar refractivity (Wildman–Crippen MR) is 92.8 cm³/mol. The minimum Gasteiger partial charge on any atom is -0.347 e. The van der Waals surface area contributed by atoms with Crippen LogP contribution in [0.2, 0.25) is 0 Å². The van der Waals surface area contributed by atoms with Crippen molar-refractivity contribution in [3.63, 3.8) is 0 Å². The summed E-state index contributed by atoms with van der Waals surface area (Å²) in [4.78, 5) is 2.18. The maximum atomic E-state index is 13.2. The van der Waals surface area contributed by atoms with Gasteiger partial charge in [0.2, 0.25) is 0 Å². The quantitative estimate of drug-likeness (QED) is 0.872. The monoisotopic (exact) mass is 336 g/mol. The Morgan fingerprint density at radius 2 is 2.18 bits per heavy atom. The van der Waals surface area contributed by atoms with Gasteiger partial charge < -0.3 is 10.2 Å². The van der Waals surface area contributed by atoms with Gasteiger partial charge in [-0.2, -0.15) is 16.9 Å². The molecule has 1 aliphatic rings. The van der Waals surface area contributed by atoms with Crippen LogP contribution in [0.3, 0.4) is 0 Å². The van der Waals surface area contributed by atoms with Crippen molar-refractivity contribution in [3.8, 4) is 0 Å². The molecule has 1 aromatic carbocycles. The second-order valence-corrected chi connectivity index (χ2v) is 6.70. The molecule has 0 saturated carbocycles. The van der Waals surface area contributed by atoms with Crippen LogP contribution in [0.4, 0.5) is 10.1 Å². The van der Waals surface area contributed by atoms with Crippen molar-refractivity contribution in [1.82, 2.24) is 14.7 Å². The second kappa shape index (κ2) is 7.11. The van der Waals surface area contributed by atoms with Crippen molar-refractivity contribution in [2.24, 2.45) is 0 Å². The lowest BCUT2D eigenvalue weighted by Crippen LogP contribution is -2.40. The van der Waals surface area contributed by atoms with Gasteiger partial charge in [0.05, 0.1) is 18.4 Å². The normalized spacial score (nSPS) is 14.9. The van der Waals surface area contributed by atoms with E-state index < -0.39 is 0 Å². The minimum atomic E-state index is -0.229. The standard InChI is InChI=1S/C15H17FN4S2/c16-13-3-1-2-12(8-13)10-20-11-14(9-17-20)18-15(21)19-4-6-22-7-5-19/h1-3,8-9,11H,4-7,10H2,(H,18,21). The molecular formula is C15H17FN4S2. The molecule has 1 N–H and O–H groups in total. The van der Waals surface area contributed by atoms with E-state index in [0.29, 0.717) is 6.54 Å². The number of nitrogens with zero attached hydrogens (tertiary/aromatic N) is 3. The molecule has 1 aromatic heterocycles. The van der Waals surface area contributed by atoms with E-state index in [9.17, 15) is 4.39 Å². The number of hydrogen-bond donors (Lipinski definition) is 1. The minimum absolute atomic E-state index is 0.229. The van der Waals surface area contributed by atoms with Gasteiger partial charge in [0.15, 0.2) is 5.11 Å². The zero-order valence-corrected chi connectivity index (χ0v) is 13.7. The number of halogens is 1. The van der Waals surface area contributed by atoms with Gasteiger partial charge in [0, 0.05) is 30.8 Å². The number of thiocarbonyl (C=S) groups is 1. The highest BCUT2D eigenvalue weighted by Gasteiger charge is 2.14. The van der Waals surface area contributed by atoms with Crippen molar-refractivity contribution in [2.45, 2.75) is 6.54 Å². The van der Waals surface area contributed by atoms with Crippen LogP contribution in [-0.2, 0) is 6.54 Å². The fraction of sp³-hybridized carbons (Fsp3) is 0.333. The summed E-state index contributed by atoms with van der Waals surface area (Å²) in [6.45, 7) is 2.49. The fourth-order valence-corrected chi connectivity index (χ4v) is 3.51. The Morgan fingerprint density at radius 3 is 2.95 bits per heavy atom. The van der Waals surface area contributed by atoms with Gasteiger partial charge in [-0.3, -0.25) is 4.68 Å². The molecular weight excluding hydrogens is 319 g/mol. The van der Waals surface area contributed by atoms with E-state index in [4.69, 9.17) is 12.2 Å². The molecule has 1 saturated heterocycles. The number of rotatable bonds is 3. The Hall–Kier alpha value is -1.60. The molecule has 0 atom stereocenters. The van der Waals surface area contributed by atoms with E-state index in [1.807, 2.05) is 24.0 Å². The van der Waals surface area contributed by atoms with Crippen LogP contribution in [0.25, 0.3) is 0 Å². The van der Waals surface area contributed by atoms with Gasteiger partial charge in [-0.1, -0.05) is 12.1 Å². The first-order valence-corrected chi connectivity index (χ1v) is 8.67. The number of aromatic nitrogens is 2. The lowest BCUT2D eigenvalue weighted by molar-refractivity contribution is 0.470. The van der Waals surface area contributed by atoms with Crippen LogP contribution in [-0.4, -0.2) is 44.4 Å². The first-order valence-electron chi connectivity index (χ1n) is 7.11. The van der Waals surface area contributed by atoms with Crippen molar-refractivity contribution >= 4 is 34.8 Å². The zero-order chi connectivity index (χ0) is 15.4. The van der Waals surface area contributed by atoms with Crippen LogP contribution in [0.1, 0.15) is 5.56 Å². The lowest BCUT2D eigenvalue weighted by Gasteiger charge is -2.28. The number of hydrogen-bond acceptors (Lipinski definition) is 3. The Labute approximate surface area is 138 Å². The van der Waals surface area contributed by atoms with Crippen LogP contribution in [0.15, 0.2) is 36.7 Å². The maximum Gasteiger partial charge on any atom is 0.173 e. The van der Waals surface area contributed by atoms with E-state index in [1.54, 1.807) is 16.9 Å². The molecule has 3 rings (SSSR count). The van der Waals surface area contributed by atoms with Crippen LogP contribution >= 0.6 is 24.0 Å². The number of benzene rings is 1. The molecule has 0 bridgehead atoms. The summed E-state index contributed by atoms with van der Waals surface area (Å²) in [5.74, 6) is 1.99. The number of nitrogens with one attached hydrogen (secondary N) is 1. The van der Waals surface area contributed by atoms with E-state index in [1.165, 1.54) is 12.1 Å². The van der Waals surface area contributed by atoms with E-state index in [-0.39, 0.29) is 5.82 Å². The molecule has 0 spiro atoms. The molecule has 2 aromatic rings. The highest BCUT2D eigenvalue weighted by molar-refractivity contribution is 7.99. The molecule has 0 aliphatic carbocycles. The predicted octanol–water partition coefficient (Wildman–Crippen LogP) is 2.82. The summed E-state index contributed by atoms with van der Waals surface area (Å²) in [6, 6.07) is 6.55. The van der Waals surface area contributed by atoms with Gasteiger partial charge in [-0.15, -0.1) is 0 Å². The number of thioether (sulfide) groups is 1. The largest absolute Gasteiger partial charge is 0.347 e. The molecule has 0 unspecified atom stereocenters. The Bertz CT molecular complexity index is 652. The summed E-state index contributed by atoms with van der Waals surface area (Å²) in [5, 5.41) is 8.25. The fourth-order valence-electron chi connectivity index (χ4n) is 2.31. The summed E-state index contributed by atoms with van der Waals surface area (Å²) in [7, 11) is 0. The van der Waals surface area contributed by atoms with E-state index in [0.717, 1.165) is 41.0 Å². The van der Waals surface area contributed by atoms with Crippen LogP contribution < -0.4 is 5.32 Å². The molecule has 22 heavy (non-hydrogen) atoms. The zero-order valence-electron chi connectivity index (χ0n) is 12.0. The SMILES string of the molecule is Fc1cccc(Cn2cc(NC(=S)N3CCSCC3)cn2)c1. The smallest absolute Gasteiger partial charge is 0.173 e. The maximum absolute atomic E-state index is 13.2. The van der Waals surface area contributed by atoms with E-state index in [2.05, 4.69) is 15.3 Å². The van der Waals surface area contributed by atoms with Gasteiger partial charge in [0.25, 0.3) is 0 Å². The number of anilines is 1. The highest BCUT2D eigenvalue weighted by Crippen LogP contribution is 2.13. The molecule has 2 heterocycles. The molecule has 0 amide bonds. The highest BCUT2D eigenvalue weighted by atomic mass is 32.2. The molecule has 0 radical (unpaired) electrons. The van der Waals surface area contributed by atoms with Crippen molar-refractivity contribution in [2.75, 3.05) is 29.9 Å². The van der Waals surface area contributed by atoms with Gasteiger partial charge in [-0.25, -0.2) is 4.39 Å². The Balaban J connectivity index is 1.60. The topological polar surface area (TPSA) is 33.1 Å². The molecule has 1 fully saturated rings. The van der Waals surface area contributed by atoms with Crippen LogP contribution in [0.5, 0.6) is 0 Å². The Morgan fingerprint density at radius 1 is 1.36 bits per heavy atom. The summed E-state index contributed by atoms with van der Waals surface area (Å²) in [5.41, 5.74) is 1.74. The summed E-state index contributed by atoms with van der Waals surface area (Å²) in [6.07, 6.45) is 3.63. The van der Waals surface area contributed by atoms with Gasteiger partial charge in [0.1, 0.15) is 5.82 Å². The third-order valence-corrected chi connectivity index (χ3v) is 4.72. The average molecular weight is 336 g/mol. The third kappa shape index (κ3) is 3.98. The van der Waals surface area contributed by atoms with Crippen molar-refractivity contribution < 1.29 is 4.39 Å². The first-order chi connectivity index (χ1) is 10.7.